The Morgan fingerprint density at radius 2 is 1.33 bits per heavy atom. The van der Waals surface area contributed by atoms with Crippen molar-refractivity contribution in [3.8, 4) is 0 Å². The van der Waals surface area contributed by atoms with Crippen molar-refractivity contribution in [3.05, 3.63) is 29.3 Å². The van der Waals surface area contributed by atoms with Gasteiger partial charge in [0.05, 0.1) is 16.8 Å². The summed E-state index contributed by atoms with van der Waals surface area (Å²) in [5.41, 5.74) is -3.64. The van der Waals surface area contributed by atoms with Gasteiger partial charge in [0.1, 0.15) is 0 Å². The second-order valence-corrected chi connectivity index (χ2v) is 5.94. The van der Waals surface area contributed by atoms with Gasteiger partial charge in [0, 0.05) is 0 Å². The number of hydrogen-bond donors (Lipinski definition) is 0. The highest BCUT2D eigenvalue weighted by molar-refractivity contribution is 6.62. The van der Waals surface area contributed by atoms with Crippen LogP contribution in [-0.4, -0.2) is 18.3 Å². The average Bonchev–Trinajstić information content (AvgIpc) is 2.50. The molecule has 1 aromatic carbocycles. The largest absolute Gasteiger partial charge is 0.495 e. The van der Waals surface area contributed by atoms with E-state index in [2.05, 4.69) is 0 Å². The molecule has 0 saturated carbocycles. The van der Waals surface area contributed by atoms with Crippen LogP contribution in [0.1, 0.15) is 33.3 Å². The van der Waals surface area contributed by atoms with Crippen LogP contribution >= 0.6 is 0 Å². The van der Waals surface area contributed by atoms with Gasteiger partial charge in [0.2, 0.25) is 0 Å². The van der Waals surface area contributed by atoms with Gasteiger partial charge in [-0.15, -0.1) is 0 Å². The number of benzene rings is 1. The third-order valence-electron chi connectivity index (χ3n) is 3.91. The predicted molar refractivity (Wildman–Crippen MR) is 67.1 cm³/mol. The van der Waals surface area contributed by atoms with Crippen LogP contribution in [0.2, 0.25) is 0 Å². The summed E-state index contributed by atoms with van der Waals surface area (Å²) in [4.78, 5) is 0. The molecular formula is C13H14BF5O2. The van der Waals surface area contributed by atoms with Gasteiger partial charge in [-0.3, -0.25) is 0 Å². The van der Waals surface area contributed by atoms with Gasteiger partial charge in [-0.1, -0.05) is 0 Å². The molecule has 0 aliphatic carbocycles. The molecular weight excluding hydrogens is 294 g/mol. The number of rotatable bonds is 1. The molecule has 2 nitrogen and oxygen atoms in total. The lowest BCUT2D eigenvalue weighted by Gasteiger charge is -2.32. The summed E-state index contributed by atoms with van der Waals surface area (Å²) in [5, 5.41) is 0. The van der Waals surface area contributed by atoms with Crippen molar-refractivity contribution in [1.29, 1.82) is 0 Å². The van der Waals surface area contributed by atoms with Crippen molar-refractivity contribution >= 4 is 12.6 Å². The van der Waals surface area contributed by atoms with Crippen LogP contribution in [0.25, 0.3) is 0 Å². The highest BCUT2D eigenvalue weighted by atomic mass is 19.4. The molecule has 0 amide bonds. The Kier molecular flexibility index (Phi) is 3.61. The van der Waals surface area contributed by atoms with Crippen LogP contribution in [0, 0.1) is 11.6 Å². The second kappa shape index (κ2) is 4.68. The minimum atomic E-state index is -4.84. The lowest BCUT2D eigenvalue weighted by atomic mass is 9.75. The summed E-state index contributed by atoms with van der Waals surface area (Å²) in [6, 6.07) is 0.593. The summed E-state index contributed by atoms with van der Waals surface area (Å²) in [6.45, 7) is 6.61. The van der Waals surface area contributed by atoms with Crippen LogP contribution in [0.4, 0.5) is 22.0 Å². The molecule has 21 heavy (non-hydrogen) atoms. The molecule has 1 heterocycles. The van der Waals surface area contributed by atoms with E-state index in [0.717, 1.165) is 0 Å². The maximum absolute atomic E-state index is 13.3. The van der Waals surface area contributed by atoms with E-state index in [0.29, 0.717) is 6.07 Å². The molecule has 0 bridgehead atoms. The van der Waals surface area contributed by atoms with E-state index in [1.54, 1.807) is 27.7 Å². The Balaban J connectivity index is 2.53. The lowest BCUT2D eigenvalue weighted by molar-refractivity contribution is -0.137. The van der Waals surface area contributed by atoms with Crippen LogP contribution in [-0.2, 0) is 15.5 Å². The quantitative estimate of drug-likeness (QED) is 0.585. The van der Waals surface area contributed by atoms with Gasteiger partial charge in [-0.25, -0.2) is 8.78 Å². The van der Waals surface area contributed by atoms with E-state index < -0.39 is 47.2 Å². The fraction of sp³-hybridized carbons (Fsp3) is 0.538. The first kappa shape index (κ1) is 16.2. The van der Waals surface area contributed by atoms with Crippen molar-refractivity contribution in [1.82, 2.24) is 0 Å². The van der Waals surface area contributed by atoms with Crippen molar-refractivity contribution in [2.24, 2.45) is 0 Å². The van der Waals surface area contributed by atoms with Gasteiger partial charge < -0.3 is 9.31 Å². The Hall–Kier alpha value is -1.15. The van der Waals surface area contributed by atoms with Gasteiger partial charge in [-0.2, -0.15) is 13.2 Å². The van der Waals surface area contributed by atoms with E-state index in [9.17, 15) is 22.0 Å². The predicted octanol–water partition coefficient (Wildman–Crippen LogP) is 3.28. The van der Waals surface area contributed by atoms with Gasteiger partial charge >= 0.3 is 13.3 Å². The molecule has 1 aromatic rings. The zero-order valence-corrected chi connectivity index (χ0v) is 11.9. The fourth-order valence-corrected chi connectivity index (χ4v) is 1.97. The molecule has 1 saturated heterocycles. The Morgan fingerprint density at radius 1 is 0.905 bits per heavy atom. The maximum atomic E-state index is 13.3. The monoisotopic (exact) mass is 308 g/mol. The Bertz CT molecular complexity index is 552. The smallest absolute Gasteiger partial charge is 0.399 e. The average molecular weight is 308 g/mol. The van der Waals surface area contributed by atoms with Gasteiger partial charge in [0.15, 0.2) is 11.6 Å². The molecule has 1 aliphatic rings. The van der Waals surface area contributed by atoms with Crippen LogP contribution in [0.15, 0.2) is 12.1 Å². The molecule has 1 aliphatic heterocycles. The summed E-state index contributed by atoms with van der Waals surface area (Å²) >= 11 is 0. The molecule has 0 aromatic heterocycles. The number of hydrogen-bond acceptors (Lipinski definition) is 2. The van der Waals surface area contributed by atoms with Gasteiger partial charge in [0.25, 0.3) is 0 Å². The normalized spacial score (nSPS) is 20.9. The first-order valence-corrected chi connectivity index (χ1v) is 6.27. The summed E-state index contributed by atoms with van der Waals surface area (Å²) in [6.07, 6.45) is -4.84. The van der Waals surface area contributed by atoms with Crippen molar-refractivity contribution < 1.29 is 31.3 Å². The molecule has 0 N–H and O–H groups in total. The van der Waals surface area contributed by atoms with E-state index in [4.69, 9.17) is 9.31 Å². The first-order chi connectivity index (χ1) is 9.35. The van der Waals surface area contributed by atoms with Crippen molar-refractivity contribution in [2.75, 3.05) is 0 Å². The van der Waals surface area contributed by atoms with Gasteiger partial charge in [-0.05, 0) is 45.3 Å². The maximum Gasteiger partial charge on any atom is 0.495 e. The van der Waals surface area contributed by atoms with Crippen LogP contribution in [0.5, 0.6) is 0 Å². The lowest BCUT2D eigenvalue weighted by Crippen LogP contribution is -2.41. The van der Waals surface area contributed by atoms with Crippen LogP contribution < -0.4 is 5.46 Å². The van der Waals surface area contributed by atoms with E-state index in [1.807, 2.05) is 0 Å². The number of halogens is 5. The number of alkyl halides is 3. The molecule has 0 radical (unpaired) electrons. The summed E-state index contributed by atoms with van der Waals surface area (Å²) in [7, 11) is -1.42. The first-order valence-electron chi connectivity index (χ1n) is 6.27. The highest BCUT2D eigenvalue weighted by Crippen LogP contribution is 2.38. The SMILES string of the molecule is CC1(C)OB(c2cc(F)c(F)cc2C(F)(F)F)OC1(C)C. The van der Waals surface area contributed by atoms with E-state index in [1.165, 1.54) is 0 Å². The Labute approximate surface area is 119 Å². The second-order valence-electron chi connectivity index (χ2n) is 5.94. The Morgan fingerprint density at radius 3 is 1.76 bits per heavy atom. The summed E-state index contributed by atoms with van der Waals surface area (Å²) in [5.74, 6) is -2.95. The molecule has 0 atom stereocenters. The topological polar surface area (TPSA) is 18.5 Å². The van der Waals surface area contributed by atoms with E-state index >= 15 is 0 Å². The van der Waals surface area contributed by atoms with Crippen molar-refractivity contribution in [3.63, 3.8) is 0 Å². The molecule has 0 spiro atoms. The highest BCUT2D eigenvalue weighted by Gasteiger charge is 2.53. The third-order valence-corrected chi connectivity index (χ3v) is 3.91. The summed E-state index contributed by atoms with van der Waals surface area (Å²) < 4.78 is 76.4. The molecule has 2 rings (SSSR count). The fourth-order valence-electron chi connectivity index (χ4n) is 1.97. The minimum absolute atomic E-state index is 0.121. The zero-order chi connectivity index (χ0) is 16.2. The third kappa shape index (κ3) is 2.79. The van der Waals surface area contributed by atoms with Crippen LogP contribution in [0.3, 0.4) is 0 Å². The standard InChI is InChI=1S/C13H14BF5O2/c1-11(2)12(3,4)21-14(20-11)8-6-10(16)9(15)5-7(8)13(17,18)19/h5-6H,1-4H3. The molecule has 116 valence electrons. The molecule has 1 fully saturated rings. The van der Waals surface area contributed by atoms with E-state index in [-0.39, 0.29) is 6.07 Å². The minimum Gasteiger partial charge on any atom is -0.399 e. The molecule has 0 unspecified atom stereocenters. The zero-order valence-electron chi connectivity index (χ0n) is 11.9. The molecule has 8 heteroatoms. The van der Waals surface area contributed by atoms with Crippen molar-refractivity contribution in [2.45, 2.75) is 45.1 Å².